The van der Waals surface area contributed by atoms with Crippen LogP contribution in [-0.4, -0.2) is 35.8 Å². The maximum absolute atomic E-state index is 11.2. The number of carbonyl (C=O) groups is 1. The molecule has 1 aromatic heterocycles. The van der Waals surface area contributed by atoms with E-state index in [9.17, 15) is 4.79 Å². The molecule has 2 heterocycles. The second kappa shape index (κ2) is 4.29. The van der Waals surface area contributed by atoms with Crippen LogP contribution in [0.1, 0.15) is 30.4 Å². The van der Waals surface area contributed by atoms with Gasteiger partial charge in [-0.15, -0.1) is 0 Å². The van der Waals surface area contributed by atoms with Crippen molar-refractivity contribution in [2.45, 2.75) is 19.8 Å². The Morgan fingerprint density at radius 1 is 1.53 bits per heavy atom. The highest BCUT2D eigenvalue weighted by Crippen LogP contribution is 2.17. The lowest BCUT2D eigenvalue weighted by molar-refractivity contribution is 0.0508. The van der Waals surface area contributed by atoms with E-state index < -0.39 is 5.97 Å². The Morgan fingerprint density at radius 2 is 2.27 bits per heavy atom. The Bertz CT molecular complexity index is 344. The van der Waals surface area contributed by atoms with Crippen LogP contribution in [0.3, 0.4) is 0 Å². The summed E-state index contributed by atoms with van der Waals surface area (Å²) in [4.78, 5) is 17.2. The largest absolute Gasteiger partial charge is 0.460 e. The zero-order valence-corrected chi connectivity index (χ0v) is 8.60. The molecule has 2 rings (SSSR count). The lowest BCUT2D eigenvalue weighted by atomic mass is 10.4. The lowest BCUT2D eigenvalue weighted by Crippen LogP contribution is -2.18. The van der Waals surface area contributed by atoms with Gasteiger partial charge >= 0.3 is 12.0 Å². The van der Waals surface area contributed by atoms with Crippen molar-refractivity contribution in [3.8, 4) is 0 Å². The van der Waals surface area contributed by atoms with Gasteiger partial charge in [0.1, 0.15) is 0 Å². The Kier molecular flexibility index (Phi) is 2.84. The minimum atomic E-state index is -0.535. The van der Waals surface area contributed by atoms with Crippen LogP contribution in [0.5, 0.6) is 0 Å². The van der Waals surface area contributed by atoms with E-state index in [0.29, 0.717) is 12.6 Å². The van der Waals surface area contributed by atoms with Crippen LogP contribution in [0.15, 0.2) is 4.52 Å². The normalized spacial score (nSPS) is 15.7. The average molecular weight is 211 g/mol. The van der Waals surface area contributed by atoms with E-state index in [1.165, 1.54) is 0 Å². The van der Waals surface area contributed by atoms with Gasteiger partial charge in [-0.05, 0) is 24.9 Å². The maximum Gasteiger partial charge on any atom is 0.380 e. The van der Waals surface area contributed by atoms with Gasteiger partial charge in [-0.1, -0.05) is 0 Å². The molecular weight excluding hydrogens is 198 g/mol. The molecule has 1 saturated heterocycles. The van der Waals surface area contributed by atoms with E-state index in [1.807, 2.05) is 4.90 Å². The molecule has 0 N–H and O–H groups in total. The van der Waals surface area contributed by atoms with Crippen LogP contribution >= 0.6 is 0 Å². The second-order valence-corrected chi connectivity index (χ2v) is 3.32. The maximum atomic E-state index is 11.2. The molecule has 82 valence electrons. The van der Waals surface area contributed by atoms with Gasteiger partial charge in [0.25, 0.3) is 5.82 Å². The zero-order valence-electron chi connectivity index (χ0n) is 8.60. The van der Waals surface area contributed by atoms with Crippen LogP contribution in [0.4, 0.5) is 6.01 Å². The summed E-state index contributed by atoms with van der Waals surface area (Å²) in [5.74, 6) is -0.537. The predicted octanol–water partition coefficient (Wildman–Crippen LogP) is 0.847. The van der Waals surface area contributed by atoms with Gasteiger partial charge in [-0.3, -0.25) is 0 Å². The quantitative estimate of drug-likeness (QED) is 0.690. The van der Waals surface area contributed by atoms with E-state index in [1.54, 1.807) is 6.92 Å². The average Bonchev–Trinajstić information content (AvgIpc) is 2.89. The first kappa shape index (κ1) is 9.95. The number of anilines is 1. The standard InChI is InChI=1S/C9H13N3O3/c1-2-14-8(13)7-10-9(15-11-7)12-5-3-4-6-12/h2-6H2,1H3. The van der Waals surface area contributed by atoms with E-state index >= 15 is 0 Å². The van der Waals surface area contributed by atoms with Gasteiger partial charge in [0.15, 0.2) is 0 Å². The minimum absolute atomic E-state index is 0.00116. The number of rotatable bonds is 3. The summed E-state index contributed by atoms with van der Waals surface area (Å²) in [6.07, 6.45) is 2.24. The first-order valence-electron chi connectivity index (χ1n) is 5.07. The van der Waals surface area contributed by atoms with Gasteiger partial charge in [0, 0.05) is 13.1 Å². The molecule has 15 heavy (non-hydrogen) atoms. The van der Waals surface area contributed by atoms with Gasteiger partial charge in [-0.25, -0.2) is 4.79 Å². The van der Waals surface area contributed by atoms with Crippen molar-refractivity contribution >= 4 is 12.0 Å². The van der Waals surface area contributed by atoms with Crippen LogP contribution < -0.4 is 4.90 Å². The Hall–Kier alpha value is -1.59. The number of nitrogens with zero attached hydrogens (tertiary/aromatic N) is 3. The van der Waals surface area contributed by atoms with E-state index in [-0.39, 0.29) is 5.82 Å². The molecule has 0 aliphatic carbocycles. The molecule has 0 atom stereocenters. The second-order valence-electron chi connectivity index (χ2n) is 3.32. The van der Waals surface area contributed by atoms with Crippen molar-refractivity contribution in [2.75, 3.05) is 24.6 Å². The van der Waals surface area contributed by atoms with Gasteiger partial charge < -0.3 is 14.2 Å². The Morgan fingerprint density at radius 3 is 2.93 bits per heavy atom. The highest BCUT2D eigenvalue weighted by atomic mass is 16.5. The molecule has 0 radical (unpaired) electrons. The molecular formula is C9H13N3O3. The van der Waals surface area contributed by atoms with Crippen molar-refractivity contribution in [3.63, 3.8) is 0 Å². The van der Waals surface area contributed by atoms with E-state index in [0.717, 1.165) is 25.9 Å². The van der Waals surface area contributed by atoms with E-state index in [4.69, 9.17) is 9.26 Å². The number of ether oxygens (including phenoxy) is 1. The third-order valence-electron chi connectivity index (χ3n) is 2.25. The third kappa shape index (κ3) is 2.08. The molecule has 1 aliphatic rings. The molecule has 1 fully saturated rings. The molecule has 1 aromatic rings. The van der Waals surface area contributed by atoms with Crippen molar-refractivity contribution in [1.29, 1.82) is 0 Å². The highest BCUT2D eigenvalue weighted by Gasteiger charge is 2.21. The summed E-state index contributed by atoms with van der Waals surface area (Å²) < 4.78 is 9.74. The van der Waals surface area contributed by atoms with Crippen LogP contribution in [0.2, 0.25) is 0 Å². The smallest absolute Gasteiger partial charge is 0.380 e. The van der Waals surface area contributed by atoms with Crippen molar-refractivity contribution < 1.29 is 14.1 Å². The summed E-state index contributed by atoms with van der Waals surface area (Å²) in [6, 6.07) is 0.413. The van der Waals surface area contributed by atoms with Gasteiger partial charge in [0.2, 0.25) is 0 Å². The summed E-state index contributed by atoms with van der Waals surface area (Å²) in [5.41, 5.74) is 0. The zero-order chi connectivity index (χ0) is 10.7. The Balaban J connectivity index is 2.06. The van der Waals surface area contributed by atoms with Crippen molar-refractivity contribution in [2.24, 2.45) is 0 Å². The fourth-order valence-electron chi connectivity index (χ4n) is 1.53. The number of esters is 1. The predicted molar refractivity (Wildman–Crippen MR) is 51.7 cm³/mol. The van der Waals surface area contributed by atoms with Crippen LogP contribution in [-0.2, 0) is 4.74 Å². The van der Waals surface area contributed by atoms with Gasteiger partial charge in [-0.2, -0.15) is 4.98 Å². The summed E-state index contributed by atoms with van der Waals surface area (Å²) in [7, 11) is 0. The van der Waals surface area contributed by atoms with Gasteiger partial charge in [0.05, 0.1) is 6.61 Å². The number of hydrogen-bond acceptors (Lipinski definition) is 6. The molecule has 0 spiro atoms. The molecule has 6 nitrogen and oxygen atoms in total. The fraction of sp³-hybridized carbons (Fsp3) is 0.667. The molecule has 1 aliphatic heterocycles. The summed E-state index contributed by atoms with van der Waals surface area (Å²) in [5, 5.41) is 3.58. The molecule has 0 unspecified atom stereocenters. The third-order valence-corrected chi connectivity index (χ3v) is 2.25. The topological polar surface area (TPSA) is 68.5 Å². The number of aromatic nitrogens is 2. The van der Waals surface area contributed by atoms with Crippen LogP contribution in [0, 0.1) is 0 Å². The van der Waals surface area contributed by atoms with Crippen LogP contribution in [0.25, 0.3) is 0 Å². The molecule has 0 amide bonds. The lowest BCUT2D eigenvalue weighted by Gasteiger charge is -2.08. The fourth-order valence-corrected chi connectivity index (χ4v) is 1.53. The first-order chi connectivity index (χ1) is 7.31. The number of carbonyl (C=O) groups excluding carboxylic acids is 1. The molecule has 0 bridgehead atoms. The summed E-state index contributed by atoms with van der Waals surface area (Å²) in [6.45, 7) is 3.86. The molecule has 0 saturated carbocycles. The highest BCUT2D eigenvalue weighted by molar-refractivity contribution is 5.85. The first-order valence-corrected chi connectivity index (χ1v) is 5.07. The SMILES string of the molecule is CCOC(=O)c1noc(N2CCCC2)n1. The monoisotopic (exact) mass is 211 g/mol. The summed E-state index contributed by atoms with van der Waals surface area (Å²) >= 11 is 0. The molecule has 6 heteroatoms. The number of hydrogen-bond donors (Lipinski definition) is 0. The van der Waals surface area contributed by atoms with Crippen molar-refractivity contribution in [1.82, 2.24) is 10.1 Å². The molecule has 0 aromatic carbocycles. The minimum Gasteiger partial charge on any atom is -0.460 e. The van der Waals surface area contributed by atoms with E-state index in [2.05, 4.69) is 10.1 Å². The Labute approximate surface area is 87.2 Å². The van der Waals surface area contributed by atoms with Crippen molar-refractivity contribution in [3.05, 3.63) is 5.82 Å².